The minimum Gasteiger partial charge on any atom is -0.504 e. The molecule has 8 heteroatoms. The van der Waals surface area contributed by atoms with Gasteiger partial charge in [-0.1, -0.05) is 6.07 Å². The van der Waals surface area contributed by atoms with Crippen molar-refractivity contribution in [1.82, 2.24) is 20.1 Å². The lowest BCUT2D eigenvalue weighted by Crippen LogP contribution is -2.24. The van der Waals surface area contributed by atoms with Crippen molar-refractivity contribution in [2.24, 2.45) is 0 Å². The largest absolute Gasteiger partial charge is 0.504 e. The maximum Gasteiger partial charge on any atom is 0.255 e. The lowest BCUT2D eigenvalue weighted by molar-refractivity contribution is 0.0946. The number of phenols is 1. The van der Waals surface area contributed by atoms with Crippen molar-refractivity contribution in [3.63, 3.8) is 0 Å². The third kappa shape index (κ3) is 2.69. The number of amides is 1. The Hall–Kier alpha value is -2.35. The Morgan fingerprint density at radius 3 is 3.05 bits per heavy atom. The van der Waals surface area contributed by atoms with Crippen LogP contribution in [0.4, 0.5) is 0 Å². The predicted molar refractivity (Wildman–Crippen MR) is 81.5 cm³/mol. The zero-order chi connectivity index (χ0) is 15.7. The van der Waals surface area contributed by atoms with E-state index in [0.717, 1.165) is 12.8 Å². The van der Waals surface area contributed by atoms with Crippen LogP contribution in [-0.4, -0.2) is 32.9 Å². The monoisotopic (exact) mass is 320 g/mol. The number of hydrogen-bond acceptors (Lipinski definition) is 5. The van der Waals surface area contributed by atoms with Crippen LogP contribution in [0.5, 0.6) is 11.5 Å². The molecule has 1 fully saturated rings. The van der Waals surface area contributed by atoms with Crippen LogP contribution in [0.3, 0.4) is 0 Å². The Kier molecular flexibility index (Phi) is 3.84. The minimum absolute atomic E-state index is 0.159. The Bertz CT molecular complexity index is 764. The van der Waals surface area contributed by atoms with E-state index >= 15 is 0 Å². The molecule has 0 atom stereocenters. The summed E-state index contributed by atoms with van der Waals surface area (Å²) in [6.07, 6.45) is 2.15. The van der Waals surface area contributed by atoms with E-state index in [1.807, 2.05) is 4.57 Å². The molecule has 1 aliphatic rings. The number of nitrogens with one attached hydrogen (secondary N) is 2. The maximum absolute atomic E-state index is 12.2. The van der Waals surface area contributed by atoms with Gasteiger partial charge in [0.05, 0.1) is 19.2 Å². The second-order valence-electron chi connectivity index (χ2n) is 5.09. The summed E-state index contributed by atoms with van der Waals surface area (Å²) in [5, 5.41) is 19.6. The predicted octanol–water partition coefficient (Wildman–Crippen LogP) is 1.92. The number of rotatable bonds is 5. The van der Waals surface area contributed by atoms with Crippen molar-refractivity contribution in [3.05, 3.63) is 34.4 Å². The van der Waals surface area contributed by atoms with Gasteiger partial charge in [-0.25, -0.2) is 0 Å². The molecule has 1 aromatic carbocycles. The van der Waals surface area contributed by atoms with Gasteiger partial charge in [0.1, 0.15) is 0 Å². The molecule has 0 saturated heterocycles. The number of hydrogen-bond donors (Lipinski definition) is 3. The van der Waals surface area contributed by atoms with Crippen LogP contribution in [0.25, 0.3) is 0 Å². The molecule has 1 aliphatic carbocycles. The van der Waals surface area contributed by atoms with E-state index in [1.54, 1.807) is 12.1 Å². The highest BCUT2D eigenvalue weighted by Crippen LogP contribution is 2.35. The van der Waals surface area contributed by atoms with E-state index in [4.69, 9.17) is 17.0 Å². The Morgan fingerprint density at radius 2 is 2.36 bits per heavy atom. The van der Waals surface area contributed by atoms with Crippen LogP contribution in [-0.2, 0) is 6.54 Å². The summed E-state index contributed by atoms with van der Waals surface area (Å²) in [4.78, 5) is 12.2. The quantitative estimate of drug-likeness (QED) is 0.732. The third-order valence-corrected chi connectivity index (χ3v) is 3.85. The van der Waals surface area contributed by atoms with Crippen LogP contribution in [0, 0.1) is 4.77 Å². The average Bonchev–Trinajstić information content (AvgIpc) is 3.28. The van der Waals surface area contributed by atoms with Gasteiger partial charge in [-0.05, 0) is 37.2 Å². The second-order valence-corrected chi connectivity index (χ2v) is 5.47. The number of ether oxygens (including phenoxy) is 1. The zero-order valence-electron chi connectivity index (χ0n) is 12.0. The van der Waals surface area contributed by atoms with E-state index in [9.17, 15) is 9.90 Å². The molecule has 1 saturated carbocycles. The van der Waals surface area contributed by atoms with Crippen LogP contribution < -0.4 is 10.1 Å². The van der Waals surface area contributed by atoms with Gasteiger partial charge < -0.3 is 15.2 Å². The molecule has 7 nitrogen and oxygen atoms in total. The highest BCUT2D eigenvalue weighted by atomic mass is 32.1. The first-order chi connectivity index (χ1) is 10.6. The van der Waals surface area contributed by atoms with Crippen molar-refractivity contribution in [2.45, 2.75) is 25.4 Å². The second kappa shape index (κ2) is 5.80. The number of aromatic hydroxyl groups is 1. The molecular formula is C14H16N4O3S. The molecule has 1 amide bonds. The first-order valence-electron chi connectivity index (χ1n) is 6.91. The van der Waals surface area contributed by atoms with Crippen LogP contribution in [0.2, 0.25) is 0 Å². The first kappa shape index (κ1) is 14.6. The maximum atomic E-state index is 12.2. The van der Waals surface area contributed by atoms with Gasteiger partial charge in [-0.15, -0.1) is 0 Å². The number of aromatic amines is 1. The summed E-state index contributed by atoms with van der Waals surface area (Å²) in [5.41, 5.74) is 0.159. The SMILES string of the molecule is COc1cccc(C(=O)NCc2n[nH]c(=S)n2C2CC2)c1O. The summed E-state index contributed by atoms with van der Waals surface area (Å²) < 4.78 is 7.49. The van der Waals surface area contributed by atoms with Gasteiger partial charge in [0.2, 0.25) is 0 Å². The van der Waals surface area contributed by atoms with Crippen molar-refractivity contribution in [3.8, 4) is 11.5 Å². The van der Waals surface area contributed by atoms with Crippen molar-refractivity contribution < 1.29 is 14.6 Å². The number of benzene rings is 1. The first-order valence-corrected chi connectivity index (χ1v) is 7.32. The molecule has 1 heterocycles. The molecule has 0 spiro atoms. The molecule has 2 aromatic rings. The fourth-order valence-electron chi connectivity index (χ4n) is 2.30. The zero-order valence-corrected chi connectivity index (χ0v) is 12.8. The molecule has 116 valence electrons. The highest BCUT2D eigenvalue weighted by Gasteiger charge is 2.27. The fraction of sp³-hybridized carbons (Fsp3) is 0.357. The third-order valence-electron chi connectivity index (χ3n) is 3.56. The number of nitrogens with zero attached hydrogens (tertiary/aromatic N) is 2. The van der Waals surface area contributed by atoms with Crippen molar-refractivity contribution in [2.75, 3.05) is 7.11 Å². The highest BCUT2D eigenvalue weighted by molar-refractivity contribution is 7.71. The van der Waals surface area contributed by atoms with Gasteiger partial charge in [0.25, 0.3) is 5.91 Å². The van der Waals surface area contributed by atoms with E-state index < -0.39 is 5.91 Å². The molecule has 0 aliphatic heterocycles. The Labute approximate surface area is 131 Å². The lowest BCUT2D eigenvalue weighted by atomic mass is 10.1. The number of H-pyrrole nitrogens is 1. The van der Waals surface area contributed by atoms with Gasteiger partial charge in [0.15, 0.2) is 22.1 Å². The summed E-state index contributed by atoms with van der Waals surface area (Å²) >= 11 is 5.19. The number of phenolic OH excluding ortho intramolecular Hbond substituents is 1. The summed E-state index contributed by atoms with van der Waals surface area (Å²) in [6.45, 7) is 0.235. The van der Waals surface area contributed by atoms with Crippen molar-refractivity contribution >= 4 is 18.1 Å². The lowest BCUT2D eigenvalue weighted by Gasteiger charge is -2.10. The summed E-state index contributed by atoms with van der Waals surface area (Å²) in [7, 11) is 1.43. The minimum atomic E-state index is -0.396. The van der Waals surface area contributed by atoms with Crippen LogP contribution in [0.15, 0.2) is 18.2 Å². The topological polar surface area (TPSA) is 92.2 Å². The molecule has 22 heavy (non-hydrogen) atoms. The molecule has 3 N–H and O–H groups in total. The number of carbonyl (C=O) groups excluding carboxylic acids is 1. The van der Waals surface area contributed by atoms with Crippen LogP contribution in [0.1, 0.15) is 35.1 Å². The summed E-state index contributed by atoms with van der Waals surface area (Å²) in [5.74, 6) is 0.368. The fourth-order valence-corrected chi connectivity index (χ4v) is 2.60. The summed E-state index contributed by atoms with van der Waals surface area (Å²) in [6, 6.07) is 5.15. The molecule has 0 unspecified atom stereocenters. The number of aromatic nitrogens is 3. The van der Waals surface area contributed by atoms with Gasteiger partial charge in [-0.3, -0.25) is 14.5 Å². The number of para-hydroxylation sites is 1. The number of carbonyl (C=O) groups is 1. The average molecular weight is 320 g/mol. The van der Waals surface area contributed by atoms with Gasteiger partial charge in [-0.2, -0.15) is 5.10 Å². The molecular weight excluding hydrogens is 304 g/mol. The van der Waals surface area contributed by atoms with Gasteiger partial charge in [0, 0.05) is 6.04 Å². The van der Waals surface area contributed by atoms with E-state index in [2.05, 4.69) is 15.5 Å². The smallest absolute Gasteiger partial charge is 0.255 e. The van der Waals surface area contributed by atoms with Crippen LogP contribution >= 0.6 is 12.2 Å². The van der Waals surface area contributed by atoms with Gasteiger partial charge >= 0.3 is 0 Å². The van der Waals surface area contributed by atoms with E-state index in [0.29, 0.717) is 16.6 Å². The molecule has 0 radical (unpaired) electrons. The van der Waals surface area contributed by atoms with Crippen molar-refractivity contribution in [1.29, 1.82) is 0 Å². The van der Waals surface area contributed by atoms with E-state index in [-0.39, 0.29) is 23.6 Å². The Balaban J connectivity index is 1.74. The molecule has 0 bridgehead atoms. The molecule has 1 aromatic heterocycles. The normalized spacial score (nSPS) is 13.9. The standard InChI is InChI=1S/C14H16N4O3S/c1-21-10-4-2-3-9(12(10)19)13(20)15-7-11-16-17-14(22)18(11)8-5-6-8/h2-4,8,19H,5-7H2,1H3,(H,15,20)(H,17,22). The van der Waals surface area contributed by atoms with E-state index in [1.165, 1.54) is 13.2 Å². The Morgan fingerprint density at radius 1 is 1.59 bits per heavy atom. The number of methoxy groups -OCH3 is 1. The molecule has 3 rings (SSSR count).